The molecule has 0 amide bonds. The van der Waals surface area contributed by atoms with Crippen molar-refractivity contribution in [1.29, 1.82) is 0 Å². The number of aliphatic hydroxyl groups is 2. The van der Waals surface area contributed by atoms with Crippen molar-refractivity contribution >= 4 is 0 Å². The minimum atomic E-state index is -4.20. The van der Waals surface area contributed by atoms with Gasteiger partial charge in [0, 0.05) is 5.56 Å². The number of aliphatic hydroxyl groups excluding tert-OH is 1. The maximum absolute atomic E-state index is 13.3. The molecule has 2 N–H and O–H groups in total. The van der Waals surface area contributed by atoms with Crippen LogP contribution in [0, 0.1) is 0 Å². The van der Waals surface area contributed by atoms with E-state index >= 15 is 0 Å². The Labute approximate surface area is 77.6 Å². The summed E-state index contributed by atoms with van der Waals surface area (Å²) in [5.74, 6) is -7.99. The minimum Gasteiger partial charge on any atom is -0.382 e. The maximum Gasteiger partial charge on any atom is 0.339 e. The average Bonchev–Trinajstić information content (AvgIpc) is 2.27. The van der Waals surface area contributed by atoms with Crippen LogP contribution >= 0.6 is 0 Å². The van der Waals surface area contributed by atoms with E-state index in [9.17, 15) is 13.2 Å². The molecule has 0 spiro atoms. The molecule has 1 aliphatic rings. The average molecular weight is 204 g/mol. The van der Waals surface area contributed by atoms with Crippen LogP contribution in [0.4, 0.5) is 13.2 Å². The van der Waals surface area contributed by atoms with Crippen molar-refractivity contribution in [2.24, 2.45) is 0 Å². The van der Waals surface area contributed by atoms with E-state index in [1.54, 1.807) is 0 Å². The summed E-state index contributed by atoms with van der Waals surface area (Å²) in [4.78, 5) is 0. The molecule has 2 rings (SSSR count). The Balaban J connectivity index is 2.68. The summed E-state index contributed by atoms with van der Waals surface area (Å²) in [6.45, 7) is 0. The quantitative estimate of drug-likeness (QED) is 0.672. The highest BCUT2D eigenvalue weighted by atomic mass is 19.3. The van der Waals surface area contributed by atoms with Crippen LogP contribution in [-0.4, -0.2) is 16.1 Å². The van der Waals surface area contributed by atoms with Crippen molar-refractivity contribution < 1.29 is 23.4 Å². The van der Waals surface area contributed by atoms with Crippen LogP contribution in [0.5, 0.6) is 0 Å². The number of alkyl halides is 3. The minimum absolute atomic E-state index is 0.275. The highest BCUT2D eigenvalue weighted by molar-refractivity contribution is 5.41. The number of hydrogen-bond acceptors (Lipinski definition) is 2. The van der Waals surface area contributed by atoms with Gasteiger partial charge in [0.1, 0.15) is 6.10 Å². The monoisotopic (exact) mass is 204 g/mol. The number of halogens is 3. The molecule has 2 atom stereocenters. The van der Waals surface area contributed by atoms with Gasteiger partial charge in [0.25, 0.3) is 0 Å². The molecule has 1 aliphatic carbocycles. The van der Waals surface area contributed by atoms with Crippen LogP contribution in [0.25, 0.3) is 0 Å². The fraction of sp³-hybridized carbons (Fsp3) is 0.333. The van der Waals surface area contributed by atoms with Crippen molar-refractivity contribution in [3.05, 3.63) is 35.4 Å². The molecule has 5 heteroatoms. The van der Waals surface area contributed by atoms with Crippen molar-refractivity contribution in [3.63, 3.8) is 0 Å². The molecular formula is C9H7F3O2. The molecule has 0 aromatic heterocycles. The van der Waals surface area contributed by atoms with E-state index in [1.807, 2.05) is 0 Å². The smallest absolute Gasteiger partial charge is 0.339 e. The molecule has 0 fully saturated rings. The standard InChI is InChI=1S/C9H7F3O2/c10-8(11)7(13)5-3-1-2-4-6(5)9(8,12)14/h1-4,7,13-14H. The normalized spacial score (nSPS) is 34.2. The van der Waals surface area contributed by atoms with Gasteiger partial charge in [0.05, 0.1) is 0 Å². The van der Waals surface area contributed by atoms with Crippen molar-refractivity contribution in [2.45, 2.75) is 17.9 Å². The van der Waals surface area contributed by atoms with Gasteiger partial charge in [0.15, 0.2) is 0 Å². The predicted molar refractivity (Wildman–Crippen MR) is 41.4 cm³/mol. The lowest BCUT2D eigenvalue weighted by Gasteiger charge is -2.23. The van der Waals surface area contributed by atoms with Crippen LogP contribution in [0.1, 0.15) is 17.2 Å². The zero-order chi connectivity index (χ0) is 10.6. The first-order valence-electron chi connectivity index (χ1n) is 3.95. The third kappa shape index (κ3) is 0.883. The molecule has 1 aromatic rings. The summed E-state index contributed by atoms with van der Waals surface area (Å²) >= 11 is 0. The largest absolute Gasteiger partial charge is 0.382 e. The van der Waals surface area contributed by atoms with Gasteiger partial charge in [0.2, 0.25) is 0 Å². The van der Waals surface area contributed by atoms with Gasteiger partial charge >= 0.3 is 11.8 Å². The molecule has 0 bridgehead atoms. The molecule has 0 saturated heterocycles. The number of benzene rings is 1. The molecule has 0 heterocycles. The predicted octanol–water partition coefficient (Wildman–Crippen LogP) is 1.48. The molecule has 0 aliphatic heterocycles. The second-order valence-corrected chi connectivity index (χ2v) is 3.23. The van der Waals surface area contributed by atoms with Gasteiger partial charge in [-0.3, -0.25) is 0 Å². The summed E-state index contributed by atoms with van der Waals surface area (Å²) in [6, 6.07) is 4.89. The Bertz CT molecular complexity index is 376. The summed E-state index contributed by atoms with van der Waals surface area (Å²) in [6.07, 6.45) is -2.30. The van der Waals surface area contributed by atoms with Gasteiger partial charge in [-0.2, -0.15) is 13.2 Å². The molecule has 2 unspecified atom stereocenters. The van der Waals surface area contributed by atoms with Gasteiger partial charge in [-0.05, 0) is 5.56 Å². The number of fused-ring (bicyclic) bond motifs is 1. The summed E-state index contributed by atoms with van der Waals surface area (Å²) < 4.78 is 39.3. The van der Waals surface area contributed by atoms with E-state index in [-0.39, 0.29) is 5.56 Å². The van der Waals surface area contributed by atoms with Crippen molar-refractivity contribution in [2.75, 3.05) is 0 Å². The molecular weight excluding hydrogens is 197 g/mol. The van der Waals surface area contributed by atoms with E-state index < -0.39 is 23.4 Å². The van der Waals surface area contributed by atoms with E-state index in [1.165, 1.54) is 12.1 Å². The lowest BCUT2D eigenvalue weighted by atomic mass is 10.1. The molecule has 1 aromatic carbocycles. The topological polar surface area (TPSA) is 40.5 Å². The van der Waals surface area contributed by atoms with Crippen molar-refractivity contribution in [1.82, 2.24) is 0 Å². The van der Waals surface area contributed by atoms with Crippen LogP contribution < -0.4 is 0 Å². The zero-order valence-electron chi connectivity index (χ0n) is 6.92. The summed E-state index contributed by atoms with van der Waals surface area (Å²) in [5, 5.41) is 18.1. The fourth-order valence-electron chi connectivity index (χ4n) is 1.59. The van der Waals surface area contributed by atoms with Crippen LogP contribution in [0.15, 0.2) is 24.3 Å². The molecule has 0 radical (unpaired) electrons. The van der Waals surface area contributed by atoms with E-state index in [4.69, 9.17) is 10.2 Å². The first-order chi connectivity index (χ1) is 6.39. The Morgan fingerprint density at radius 2 is 1.71 bits per heavy atom. The lowest BCUT2D eigenvalue weighted by molar-refractivity contribution is -0.282. The fourth-order valence-corrected chi connectivity index (χ4v) is 1.59. The highest BCUT2D eigenvalue weighted by Crippen LogP contribution is 2.54. The molecule has 14 heavy (non-hydrogen) atoms. The van der Waals surface area contributed by atoms with E-state index in [0.29, 0.717) is 0 Å². The second-order valence-electron chi connectivity index (χ2n) is 3.23. The second kappa shape index (κ2) is 2.49. The lowest BCUT2D eigenvalue weighted by Crippen LogP contribution is -2.39. The van der Waals surface area contributed by atoms with Gasteiger partial charge in [-0.15, -0.1) is 0 Å². The first kappa shape index (κ1) is 9.48. The van der Waals surface area contributed by atoms with E-state index in [2.05, 4.69) is 0 Å². The highest BCUT2D eigenvalue weighted by Gasteiger charge is 2.66. The number of rotatable bonds is 0. The molecule has 2 nitrogen and oxygen atoms in total. The third-order valence-corrected chi connectivity index (χ3v) is 2.40. The van der Waals surface area contributed by atoms with Gasteiger partial charge < -0.3 is 10.2 Å². The summed E-state index contributed by atoms with van der Waals surface area (Å²) in [5.41, 5.74) is -0.847. The van der Waals surface area contributed by atoms with Crippen LogP contribution in [0.2, 0.25) is 0 Å². The zero-order valence-corrected chi connectivity index (χ0v) is 6.92. The Morgan fingerprint density at radius 3 is 2.29 bits per heavy atom. The molecule has 0 saturated carbocycles. The van der Waals surface area contributed by atoms with Crippen LogP contribution in [-0.2, 0) is 5.85 Å². The SMILES string of the molecule is OC1c2ccccc2C(O)(F)C1(F)F. The third-order valence-electron chi connectivity index (χ3n) is 2.40. The summed E-state index contributed by atoms with van der Waals surface area (Å²) in [7, 11) is 0. The first-order valence-corrected chi connectivity index (χ1v) is 3.95. The Kier molecular flexibility index (Phi) is 1.69. The Morgan fingerprint density at radius 1 is 1.14 bits per heavy atom. The Hall–Kier alpha value is -1.07. The van der Waals surface area contributed by atoms with Gasteiger partial charge in [-0.25, -0.2) is 0 Å². The van der Waals surface area contributed by atoms with Gasteiger partial charge in [-0.1, -0.05) is 24.3 Å². The van der Waals surface area contributed by atoms with Crippen LogP contribution in [0.3, 0.4) is 0 Å². The molecule has 76 valence electrons. The number of hydrogen-bond donors (Lipinski definition) is 2. The maximum atomic E-state index is 13.3. The van der Waals surface area contributed by atoms with E-state index in [0.717, 1.165) is 12.1 Å². The van der Waals surface area contributed by atoms with Crippen molar-refractivity contribution in [3.8, 4) is 0 Å².